The Balaban J connectivity index is 1.81. The number of hydrogen-bond donors (Lipinski definition) is 3. The molecule has 1 saturated heterocycles. The molecule has 3 N–H and O–H groups in total. The molecule has 1 aromatic carbocycles. The quantitative estimate of drug-likeness (QED) is 0.459. The number of nitrogens with one attached hydrogen (secondary N) is 2. The summed E-state index contributed by atoms with van der Waals surface area (Å²) in [6.45, 7) is 19.6. The minimum Gasteiger partial charge on any atom is -0.386 e. The Morgan fingerprint density at radius 3 is 2.21 bits per heavy atom. The lowest BCUT2D eigenvalue weighted by Gasteiger charge is -2.34. The molecule has 0 spiro atoms. The van der Waals surface area contributed by atoms with Gasteiger partial charge in [0.15, 0.2) is 5.96 Å². The van der Waals surface area contributed by atoms with Gasteiger partial charge in [-0.3, -0.25) is 9.89 Å². The van der Waals surface area contributed by atoms with Crippen LogP contribution in [0.4, 0.5) is 0 Å². The second kappa shape index (κ2) is 11.5. The predicted molar refractivity (Wildman–Crippen MR) is 123 cm³/mol. The molecule has 1 atom stereocenters. The van der Waals surface area contributed by atoms with Gasteiger partial charge in [0.25, 0.3) is 0 Å². The molecule has 1 aromatic rings. The highest BCUT2D eigenvalue weighted by atomic mass is 16.3. The lowest BCUT2D eigenvalue weighted by Crippen LogP contribution is -2.49. The Morgan fingerprint density at radius 2 is 1.66 bits per heavy atom. The Hall–Kier alpha value is -1.63. The molecule has 1 unspecified atom stereocenters. The van der Waals surface area contributed by atoms with Crippen molar-refractivity contribution >= 4 is 5.96 Å². The molecular formula is C23H41N5O. The van der Waals surface area contributed by atoms with E-state index in [0.717, 1.165) is 63.9 Å². The van der Waals surface area contributed by atoms with Gasteiger partial charge in [0.05, 0.1) is 12.6 Å². The van der Waals surface area contributed by atoms with Gasteiger partial charge in [-0.2, -0.15) is 0 Å². The highest BCUT2D eigenvalue weighted by molar-refractivity contribution is 5.79. The Bertz CT molecular complexity index is 615. The molecule has 2 rings (SSSR count). The molecule has 1 aliphatic heterocycles. The summed E-state index contributed by atoms with van der Waals surface area (Å²) >= 11 is 0. The first kappa shape index (κ1) is 23.6. The van der Waals surface area contributed by atoms with E-state index in [0.29, 0.717) is 6.54 Å². The van der Waals surface area contributed by atoms with Gasteiger partial charge in [-0.1, -0.05) is 52.0 Å². The van der Waals surface area contributed by atoms with Crippen molar-refractivity contribution in [2.45, 2.75) is 46.1 Å². The van der Waals surface area contributed by atoms with Gasteiger partial charge in [-0.05, 0) is 30.0 Å². The van der Waals surface area contributed by atoms with Gasteiger partial charge in [0.1, 0.15) is 0 Å². The fraction of sp³-hybridized carbons (Fsp3) is 0.696. The van der Waals surface area contributed by atoms with E-state index in [1.807, 2.05) is 12.1 Å². The maximum Gasteiger partial charge on any atom is 0.191 e. The number of piperazine rings is 1. The van der Waals surface area contributed by atoms with Crippen molar-refractivity contribution in [2.24, 2.45) is 4.99 Å². The summed E-state index contributed by atoms with van der Waals surface area (Å²) in [5.41, 5.74) is 2.30. The van der Waals surface area contributed by atoms with Crippen LogP contribution in [-0.4, -0.2) is 79.8 Å². The molecule has 0 radical (unpaired) electrons. The first-order valence-electron chi connectivity index (χ1n) is 11.1. The summed E-state index contributed by atoms with van der Waals surface area (Å²) in [6, 6.07) is 8.22. The molecule has 0 aromatic heterocycles. The number of rotatable bonds is 8. The van der Waals surface area contributed by atoms with Crippen molar-refractivity contribution in [3.8, 4) is 0 Å². The Morgan fingerprint density at radius 1 is 1.03 bits per heavy atom. The summed E-state index contributed by atoms with van der Waals surface area (Å²) in [4.78, 5) is 9.57. The molecule has 1 fully saturated rings. The predicted octanol–water partition coefficient (Wildman–Crippen LogP) is 2.21. The van der Waals surface area contributed by atoms with E-state index < -0.39 is 6.10 Å². The summed E-state index contributed by atoms with van der Waals surface area (Å²) < 4.78 is 0. The van der Waals surface area contributed by atoms with Gasteiger partial charge < -0.3 is 20.6 Å². The van der Waals surface area contributed by atoms with E-state index in [2.05, 4.69) is 72.2 Å². The van der Waals surface area contributed by atoms with E-state index >= 15 is 0 Å². The third-order valence-corrected chi connectivity index (χ3v) is 5.56. The molecule has 164 valence electrons. The second-order valence-corrected chi connectivity index (χ2v) is 8.81. The molecule has 29 heavy (non-hydrogen) atoms. The maximum absolute atomic E-state index is 10.5. The van der Waals surface area contributed by atoms with E-state index in [1.54, 1.807) is 0 Å². The Kier molecular flexibility index (Phi) is 9.40. The number of likely N-dealkylation sites (N-methyl/N-ethyl adjacent to an activating group) is 1. The van der Waals surface area contributed by atoms with Gasteiger partial charge in [-0.25, -0.2) is 0 Å². The number of aliphatic hydroxyl groups excluding tert-OH is 1. The second-order valence-electron chi connectivity index (χ2n) is 8.81. The van der Waals surface area contributed by atoms with Gasteiger partial charge in [0.2, 0.25) is 0 Å². The largest absolute Gasteiger partial charge is 0.386 e. The summed E-state index contributed by atoms with van der Waals surface area (Å²) in [7, 11) is 0. The molecule has 6 heteroatoms. The van der Waals surface area contributed by atoms with Crippen LogP contribution >= 0.6 is 0 Å². The van der Waals surface area contributed by atoms with Gasteiger partial charge in [-0.15, -0.1) is 0 Å². The normalized spacial score (nSPS) is 17.9. The van der Waals surface area contributed by atoms with Crippen molar-refractivity contribution in [3.63, 3.8) is 0 Å². The number of nitrogens with zero attached hydrogens (tertiary/aromatic N) is 3. The Labute approximate surface area is 177 Å². The number of benzene rings is 1. The third-order valence-electron chi connectivity index (χ3n) is 5.56. The first-order valence-corrected chi connectivity index (χ1v) is 11.1. The van der Waals surface area contributed by atoms with Crippen molar-refractivity contribution in [1.29, 1.82) is 0 Å². The minimum absolute atomic E-state index is 0.118. The molecule has 0 bridgehead atoms. The monoisotopic (exact) mass is 403 g/mol. The summed E-state index contributed by atoms with van der Waals surface area (Å²) in [6.07, 6.45) is -0.596. The third kappa shape index (κ3) is 7.96. The molecule has 1 aliphatic rings. The molecule has 0 saturated carbocycles. The van der Waals surface area contributed by atoms with Gasteiger partial charge >= 0.3 is 0 Å². The number of aliphatic imine (C=N–C) groups is 1. The highest BCUT2D eigenvalue weighted by Gasteiger charge is 2.16. The lowest BCUT2D eigenvalue weighted by molar-refractivity contribution is 0.139. The van der Waals surface area contributed by atoms with Crippen LogP contribution in [0.5, 0.6) is 0 Å². The standard InChI is InChI=1S/C23H41N5O/c1-6-24-22(25-12-13-28-16-14-27(7-2)15-17-28)26-18-21(29)19-8-10-20(11-9-19)23(3,4)5/h8-11,21,29H,6-7,12-18H2,1-5H3,(H2,24,25,26). The number of hydrogen-bond acceptors (Lipinski definition) is 4. The molecular weight excluding hydrogens is 362 g/mol. The molecule has 0 amide bonds. The zero-order valence-electron chi connectivity index (χ0n) is 19.0. The molecule has 1 heterocycles. The average Bonchev–Trinajstić information content (AvgIpc) is 2.71. The fourth-order valence-electron chi connectivity index (χ4n) is 3.49. The SMILES string of the molecule is CCNC(=NCC(O)c1ccc(C(C)(C)C)cc1)NCCN1CCN(CC)CC1. The summed E-state index contributed by atoms with van der Waals surface area (Å²) in [5.74, 6) is 0.769. The number of aliphatic hydroxyl groups is 1. The van der Waals surface area contributed by atoms with E-state index in [-0.39, 0.29) is 5.41 Å². The molecule has 0 aliphatic carbocycles. The molecule has 6 nitrogen and oxygen atoms in total. The van der Waals surface area contributed by atoms with Crippen molar-refractivity contribution in [3.05, 3.63) is 35.4 Å². The number of guanidine groups is 1. The van der Waals surface area contributed by atoms with Crippen LogP contribution in [0.15, 0.2) is 29.3 Å². The van der Waals surface area contributed by atoms with Crippen LogP contribution in [-0.2, 0) is 5.41 Å². The van der Waals surface area contributed by atoms with E-state index in [4.69, 9.17) is 0 Å². The van der Waals surface area contributed by atoms with Crippen LogP contribution < -0.4 is 10.6 Å². The first-order chi connectivity index (χ1) is 13.8. The van der Waals surface area contributed by atoms with Crippen molar-refractivity contribution in [2.75, 3.05) is 58.9 Å². The van der Waals surface area contributed by atoms with Crippen LogP contribution in [0, 0.1) is 0 Å². The van der Waals surface area contributed by atoms with E-state index in [9.17, 15) is 5.11 Å². The maximum atomic E-state index is 10.5. The van der Waals surface area contributed by atoms with Gasteiger partial charge in [0, 0.05) is 45.8 Å². The minimum atomic E-state index is -0.596. The zero-order valence-corrected chi connectivity index (χ0v) is 19.0. The summed E-state index contributed by atoms with van der Waals surface area (Å²) in [5, 5.41) is 17.2. The highest BCUT2D eigenvalue weighted by Crippen LogP contribution is 2.24. The topological polar surface area (TPSA) is 63.1 Å². The van der Waals surface area contributed by atoms with E-state index in [1.165, 1.54) is 5.56 Å². The van der Waals surface area contributed by atoms with Crippen LogP contribution in [0.1, 0.15) is 51.8 Å². The van der Waals surface area contributed by atoms with Crippen LogP contribution in [0.25, 0.3) is 0 Å². The van der Waals surface area contributed by atoms with Crippen molar-refractivity contribution < 1.29 is 5.11 Å². The lowest BCUT2D eigenvalue weighted by atomic mass is 9.86. The fourth-order valence-corrected chi connectivity index (χ4v) is 3.49. The average molecular weight is 404 g/mol. The van der Waals surface area contributed by atoms with Crippen LogP contribution in [0.3, 0.4) is 0 Å². The van der Waals surface area contributed by atoms with Crippen molar-refractivity contribution in [1.82, 2.24) is 20.4 Å². The smallest absolute Gasteiger partial charge is 0.191 e. The zero-order chi connectivity index (χ0) is 21.3. The van der Waals surface area contributed by atoms with Crippen LogP contribution in [0.2, 0.25) is 0 Å².